The molecule has 9 heteroatoms. The van der Waals surface area contributed by atoms with E-state index in [-0.39, 0.29) is 5.11 Å². The van der Waals surface area contributed by atoms with Gasteiger partial charge < -0.3 is 5.32 Å². The molecule has 24 heavy (non-hydrogen) atoms. The van der Waals surface area contributed by atoms with E-state index in [0.29, 0.717) is 15.8 Å². The molecule has 0 saturated heterocycles. The van der Waals surface area contributed by atoms with E-state index in [1.807, 2.05) is 37.3 Å². The largest absolute Gasteiger partial charge is 0.331 e. The molecule has 0 aliphatic rings. The average molecular weight is 379 g/mol. The van der Waals surface area contributed by atoms with Gasteiger partial charge in [0, 0.05) is 16.9 Å². The molecule has 0 spiro atoms. The molecule has 2 rings (SSSR count). The molecule has 0 unspecified atom stereocenters. The number of hydrazine groups is 1. The number of pyridine rings is 1. The summed E-state index contributed by atoms with van der Waals surface area (Å²) in [5.74, 6) is 0. The Bertz CT molecular complexity index is 751. The predicted molar refractivity (Wildman–Crippen MR) is 106 cm³/mol. The Hall–Kier alpha value is -2.29. The highest BCUT2D eigenvalue weighted by molar-refractivity contribution is 7.80. The molecule has 0 bridgehead atoms. The van der Waals surface area contributed by atoms with Crippen molar-refractivity contribution in [2.75, 3.05) is 5.32 Å². The summed E-state index contributed by atoms with van der Waals surface area (Å²) in [6.07, 6.45) is 1.70. The Morgan fingerprint density at radius 3 is 2.58 bits per heavy atom. The Labute approximate surface area is 155 Å². The van der Waals surface area contributed by atoms with Crippen LogP contribution < -0.4 is 21.6 Å². The maximum atomic E-state index is 5.91. The summed E-state index contributed by atoms with van der Waals surface area (Å²) in [6.45, 7) is 1.83. The van der Waals surface area contributed by atoms with Crippen molar-refractivity contribution in [1.82, 2.24) is 21.3 Å². The number of nitrogens with zero attached hydrogens (tertiary/aromatic N) is 2. The van der Waals surface area contributed by atoms with Gasteiger partial charge in [0.25, 0.3) is 0 Å². The summed E-state index contributed by atoms with van der Waals surface area (Å²) < 4.78 is 0. The SMILES string of the molecule is C/C(=N\NC(=S)NNC(=S)Nc1cccc(Cl)c1)c1ccccn1. The van der Waals surface area contributed by atoms with Gasteiger partial charge in [0.15, 0.2) is 5.11 Å². The van der Waals surface area contributed by atoms with Crippen LogP contribution in [0.15, 0.2) is 53.8 Å². The summed E-state index contributed by atoms with van der Waals surface area (Å²) in [4.78, 5) is 4.19. The molecule has 1 aromatic heterocycles. The normalized spacial score (nSPS) is 10.7. The lowest BCUT2D eigenvalue weighted by atomic mass is 10.3. The molecule has 0 atom stereocenters. The van der Waals surface area contributed by atoms with Crippen LogP contribution in [0.5, 0.6) is 0 Å². The van der Waals surface area contributed by atoms with E-state index in [9.17, 15) is 0 Å². The van der Waals surface area contributed by atoms with Gasteiger partial charge in [-0.25, -0.2) is 0 Å². The summed E-state index contributed by atoms with van der Waals surface area (Å²) in [5.41, 5.74) is 10.4. The summed E-state index contributed by atoms with van der Waals surface area (Å²) in [5, 5.41) is 8.34. The number of anilines is 1. The fraction of sp³-hybridized carbons (Fsp3) is 0.0667. The molecule has 0 saturated carbocycles. The van der Waals surface area contributed by atoms with Crippen LogP contribution in [0.25, 0.3) is 0 Å². The highest BCUT2D eigenvalue weighted by atomic mass is 35.5. The average Bonchev–Trinajstić information content (AvgIpc) is 2.58. The summed E-state index contributed by atoms with van der Waals surface area (Å²) in [7, 11) is 0. The van der Waals surface area contributed by atoms with E-state index in [0.717, 1.165) is 11.4 Å². The molecule has 2 aromatic rings. The maximum Gasteiger partial charge on any atom is 0.205 e. The van der Waals surface area contributed by atoms with Gasteiger partial charge in [0.2, 0.25) is 5.11 Å². The first-order valence-electron chi connectivity index (χ1n) is 6.89. The van der Waals surface area contributed by atoms with E-state index in [4.69, 9.17) is 36.0 Å². The number of nitrogens with one attached hydrogen (secondary N) is 4. The van der Waals surface area contributed by atoms with Crippen molar-refractivity contribution in [2.24, 2.45) is 5.10 Å². The minimum absolute atomic E-state index is 0.264. The highest BCUT2D eigenvalue weighted by Gasteiger charge is 2.01. The van der Waals surface area contributed by atoms with Crippen molar-refractivity contribution in [2.45, 2.75) is 6.92 Å². The Morgan fingerprint density at radius 1 is 1.08 bits per heavy atom. The minimum atomic E-state index is 0.264. The molecule has 0 fully saturated rings. The zero-order valence-corrected chi connectivity index (χ0v) is 15.1. The predicted octanol–water partition coefficient (Wildman–Crippen LogP) is 2.82. The lowest BCUT2D eigenvalue weighted by Crippen LogP contribution is -2.47. The molecule has 0 aliphatic heterocycles. The number of thiocarbonyl (C=S) groups is 2. The molecule has 4 N–H and O–H groups in total. The number of hydrogen-bond donors (Lipinski definition) is 4. The van der Waals surface area contributed by atoms with Gasteiger partial charge in [-0.05, 0) is 61.7 Å². The number of aromatic nitrogens is 1. The standard InChI is InChI=1S/C15H15ClN6S2/c1-10(13-7-2-3-8-17-13)19-21-15(24)22-20-14(23)18-12-6-4-5-11(16)9-12/h2-9H,1H3,(H2,18,20,23)(H2,21,22,24)/b19-10+. The lowest BCUT2D eigenvalue weighted by molar-refractivity contribution is 0.834. The van der Waals surface area contributed by atoms with Crippen LogP contribution in [-0.2, 0) is 0 Å². The van der Waals surface area contributed by atoms with E-state index in [1.54, 1.807) is 18.3 Å². The van der Waals surface area contributed by atoms with Gasteiger partial charge in [-0.2, -0.15) is 5.10 Å². The van der Waals surface area contributed by atoms with Crippen molar-refractivity contribution in [3.63, 3.8) is 0 Å². The third-order valence-corrected chi connectivity index (χ3v) is 3.37. The second-order valence-corrected chi connectivity index (χ2v) is 5.82. The fourth-order valence-electron chi connectivity index (χ4n) is 1.64. The third kappa shape index (κ3) is 6.07. The fourth-order valence-corrected chi connectivity index (χ4v) is 2.09. The Kier molecular flexibility index (Phi) is 6.86. The van der Waals surface area contributed by atoms with Gasteiger partial charge in [-0.3, -0.25) is 21.3 Å². The molecule has 0 aliphatic carbocycles. The van der Waals surface area contributed by atoms with E-state index in [1.165, 1.54) is 0 Å². The topological polar surface area (TPSA) is 73.4 Å². The number of hydrazone groups is 1. The summed E-state index contributed by atoms with van der Waals surface area (Å²) >= 11 is 16.2. The monoisotopic (exact) mass is 378 g/mol. The molecule has 124 valence electrons. The van der Waals surface area contributed by atoms with Crippen molar-refractivity contribution >= 4 is 57.7 Å². The van der Waals surface area contributed by atoms with Gasteiger partial charge >= 0.3 is 0 Å². The second-order valence-electron chi connectivity index (χ2n) is 4.57. The van der Waals surface area contributed by atoms with Gasteiger partial charge in [0.1, 0.15) is 0 Å². The molecule has 6 nitrogen and oxygen atoms in total. The molecular formula is C15H15ClN6S2. The van der Waals surface area contributed by atoms with Crippen LogP contribution in [0.3, 0.4) is 0 Å². The Balaban J connectivity index is 1.77. The zero-order chi connectivity index (χ0) is 17.4. The van der Waals surface area contributed by atoms with E-state index < -0.39 is 0 Å². The number of halogens is 1. The smallest absolute Gasteiger partial charge is 0.205 e. The van der Waals surface area contributed by atoms with Crippen LogP contribution in [0, 0.1) is 0 Å². The first-order chi connectivity index (χ1) is 11.5. The minimum Gasteiger partial charge on any atom is -0.331 e. The van der Waals surface area contributed by atoms with Crippen LogP contribution >= 0.6 is 36.0 Å². The van der Waals surface area contributed by atoms with E-state index >= 15 is 0 Å². The van der Waals surface area contributed by atoms with Crippen LogP contribution in [-0.4, -0.2) is 20.9 Å². The van der Waals surface area contributed by atoms with Crippen LogP contribution in [0.4, 0.5) is 5.69 Å². The van der Waals surface area contributed by atoms with Crippen molar-refractivity contribution in [3.05, 3.63) is 59.4 Å². The van der Waals surface area contributed by atoms with Crippen molar-refractivity contribution < 1.29 is 0 Å². The number of hydrogen-bond acceptors (Lipinski definition) is 4. The van der Waals surface area contributed by atoms with Gasteiger partial charge in [-0.15, -0.1) is 0 Å². The van der Waals surface area contributed by atoms with Gasteiger partial charge in [0.05, 0.1) is 11.4 Å². The van der Waals surface area contributed by atoms with Crippen molar-refractivity contribution in [3.8, 4) is 0 Å². The molecular weight excluding hydrogens is 364 g/mol. The zero-order valence-electron chi connectivity index (χ0n) is 12.7. The molecule has 1 heterocycles. The molecule has 0 radical (unpaired) electrons. The van der Waals surface area contributed by atoms with Gasteiger partial charge in [-0.1, -0.05) is 23.7 Å². The van der Waals surface area contributed by atoms with Crippen LogP contribution in [0.2, 0.25) is 5.02 Å². The quantitative estimate of drug-likeness (QED) is 0.372. The lowest BCUT2D eigenvalue weighted by Gasteiger charge is -2.13. The summed E-state index contributed by atoms with van der Waals surface area (Å²) in [6, 6.07) is 12.8. The third-order valence-electron chi connectivity index (χ3n) is 2.73. The molecule has 1 aromatic carbocycles. The van der Waals surface area contributed by atoms with Crippen LogP contribution in [0.1, 0.15) is 12.6 Å². The maximum absolute atomic E-state index is 5.91. The number of rotatable bonds is 3. The van der Waals surface area contributed by atoms with E-state index in [2.05, 4.69) is 31.7 Å². The highest BCUT2D eigenvalue weighted by Crippen LogP contribution is 2.14. The molecule has 0 amide bonds. The first kappa shape index (κ1) is 18.1. The first-order valence-corrected chi connectivity index (χ1v) is 8.08. The van der Waals surface area contributed by atoms with Crippen molar-refractivity contribution in [1.29, 1.82) is 0 Å². The Morgan fingerprint density at radius 2 is 1.88 bits per heavy atom. The number of benzene rings is 1. The second kappa shape index (κ2) is 9.11.